The number of unbranched alkanes of at least 4 members (excludes halogenated alkanes) is 1. The van der Waals surface area contributed by atoms with Crippen molar-refractivity contribution in [1.82, 2.24) is 20.5 Å². The topological polar surface area (TPSA) is 191 Å². The number of halogens is 4. The van der Waals surface area contributed by atoms with Gasteiger partial charge in [0, 0.05) is 42.9 Å². The number of thiocarbonyl (C=S) groups is 1. The maximum atomic E-state index is 15.8. The van der Waals surface area contributed by atoms with Crippen molar-refractivity contribution >= 4 is 52.3 Å². The quantitative estimate of drug-likeness (QED) is 0.0460. The Kier molecular flexibility index (Phi) is 16.1. The van der Waals surface area contributed by atoms with Gasteiger partial charge in [-0.25, -0.2) is 9.37 Å². The van der Waals surface area contributed by atoms with Crippen molar-refractivity contribution in [3.63, 3.8) is 0 Å². The van der Waals surface area contributed by atoms with Crippen LogP contribution in [0.2, 0.25) is 0 Å². The molecule has 2 aliphatic heterocycles. The molecule has 5 aromatic rings. The molecule has 20 heteroatoms. The summed E-state index contributed by atoms with van der Waals surface area (Å²) in [6, 6.07) is 20.9. The molecule has 3 atom stereocenters. The number of carbonyl (C=O) groups is 4. The summed E-state index contributed by atoms with van der Waals surface area (Å²) in [5, 5.41) is 25.3. The number of hydrogen-bond acceptors (Lipinski definition) is 11. The SMILES string of the molecule is Cc1ncoc1-c1ccc(CNC(=O)[C@@H]2C[C@@H](O)CN2C(=O)[C@@H](NC(=O)COCCCCOc2ccc(-c3ccc(N4C(=S)N(c5ccc(C#N)c(C(F)(F)F)c5)C(=O)C4(C)C)cc3F)cc2)C(C)(C)C)cc1. The molecule has 3 heterocycles. The fourth-order valence-electron chi connectivity index (χ4n) is 8.71. The second-order valence-electron chi connectivity index (χ2n) is 19.4. The number of benzene rings is 4. The average Bonchev–Trinajstić information content (AvgIpc) is 4.01. The van der Waals surface area contributed by atoms with E-state index in [0.29, 0.717) is 42.6 Å². The number of β-amino-alcohol motifs (C(OH)–C–C–N with tert-alkyl or cyclic N) is 1. The Bertz CT molecular complexity index is 2910. The molecule has 4 aromatic carbocycles. The highest BCUT2D eigenvalue weighted by atomic mass is 32.1. The molecule has 1 aromatic heterocycles. The molecule has 15 nitrogen and oxygen atoms in total. The Morgan fingerprint density at radius 1 is 0.973 bits per heavy atom. The van der Waals surface area contributed by atoms with Crippen LogP contribution in [0.5, 0.6) is 5.75 Å². The Hall–Kier alpha value is -7.21. The fraction of sp³-hybridized carbons (Fsp3) is 0.377. The van der Waals surface area contributed by atoms with Gasteiger partial charge in [0.1, 0.15) is 35.8 Å². The summed E-state index contributed by atoms with van der Waals surface area (Å²) in [5.41, 5.74) is -0.769. The van der Waals surface area contributed by atoms with Crippen LogP contribution in [0.1, 0.15) is 76.3 Å². The van der Waals surface area contributed by atoms with E-state index in [1.165, 1.54) is 54.3 Å². The molecule has 384 valence electrons. The zero-order chi connectivity index (χ0) is 53.0. The van der Waals surface area contributed by atoms with Crippen molar-refractivity contribution in [3.05, 3.63) is 120 Å². The number of nitrogens with one attached hydrogen (secondary N) is 2. The maximum Gasteiger partial charge on any atom is 0.417 e. The monoisotopic (exact) mass is 1030 g/mol. The van der Waals surface area contributed by atoms with E-state index in [-0.39, 0.29) is 54.8 Å². The number of anilines is 2. The molecule has 2 fully saturated rings. The van der Waals surface area contributed by atoms with Crippen LogP contribution in [0, 0.1) is 29.5 Å². The number of hydrogen-bond donors (Lipinski definition) is 3. The lowest BCUT2D eigenvalue weighted by molar-refractivity contribution is -0.144. The predicted molar refractivity (Wildman–Crippen MR) is 266 cm³/mol. The minimum absolute atomic E-state index is 0.0509. The molecule has 0 unspecified atom stereocenters. The molecule has 73 heavy (non-hydrogen) atoms. The molecular formula is C53H55F4N7O8S. The molecule has 2 saturated heterocycles. The van der Waals surface area contributed by atoms with Crippen molar-refractivity contribution < 1.29 is 55.7 Å². The Morgan fingerprint density at radius 3 is 2.27 bits per heavy atom. The second kappa shape index (κ2) is 21.9. The summed E-state index contributed by atoms with van der Waals surface area (Å²) in [6.07, 6.45) is -3.24. The molecule has 0 saturated carbocycles. The van der Waals surface area contributed by atoms with E-state index in [0.717, 1.165) is 27.8 Å². The smallest absolute Gasteiger partial charge is 0.417 e. The van der Waals surface area contributed by atoms with Gasteiger partial charge in [-0.2, -0.15) is 18.4 Å². The normalized spacial score (nSPS) is 17.2. The van der Waals surface area contributed by atoms with Crippen LogP contribution >= 0.6 is 12.2 Å². The number of alkyl halides is 3. The fourth-order valence-corrected chi connectivity index (χ4v) is 9.23. The van der Waals surface area contributed by atoms with E-state index < -0.39 is 75.9 Å². The molecule has 0 radical (unpaired) electrons. The minimum Gasteiger partial charge on any atom is -0.494 e. The highest BCUT2D eigenvalue weighted by molar-refractivity contribution is 7.81. The van der Waals surface area contributed by atoms with Gasteiger partial charge in [-0.3, -0.25) is 24.1 Å². The largest absolute Gasteiger partial charge is 0.494 e. The number of likely N-dealkylation sites (tertiary alicyclic amines) is 1. The molecular weight excluding hydrogens is 971 g/mol. The minimum atomic E-state index is -4.86. The summed E-state index contributed by atoms with van der Waals surface area (Å²) in [7, 11) is 0. The Balaban J connectivity index is 0.853. The van der Waals surface area contributed by atoms with Gasteiger partial charge in [0.15, 0.2) is 17.3 Å². The second-order valence-corrected chi connectivity index (χ2v) is 19.8. The van der Waals surface area contributed by atoms with Crippen LogP contribution < -0.4 is 25.2 Å². The Labute approximate surface area is 425 Å². The molecule has 7 rings (SSSR count). The third-order valence-electron chi connectivity index (χ3n) is 12.6. The third-order valence-corrected chi connectivity index (χ3v) is 13.0. The number of rotatable bonds is 17. The number of oxazole rings is 1. The van der Waals surface area contributed by atoms with E-state index >= 15 is 4.39 Å². The van der Waals surface area contributed by atoms with E-state index in [1.54, 1.807) is 51.1 Å². The van der Waals surface area contributed by atoms with Crippen molar-refractivity contribution in [2.24, 2.45) is 5.41 Å². The molecule has 2 aliphatic rings. The predicted octanol–water partition coefficient (Wildman–Crippen LogP) is 8.25. The highest BCUT2D eigenvalue weighted by Crippen LogP contribution is 2.41. The number of aromatic nitrogens is 1. The van der Waals surface area contributed by atoms with Crippen molar-refractivity contribution in [2.45, 2.75) is 97.3 Å². The number of aliphatic hydroxyl groups is 1. The lowest BCUT2D eigenvalue weighted by Crippen LogP contribution is -2.58. The number of amides is 4. The first kappa shape index (κ1) is 53.6. The van der Waals surface area contributed by atoms with Gasteiger partial charge in [0.2, 0.25) is 17.7 Å². The third kappa shape index (κ3) is 12.0. The van der Waals surface area contributed by atoms with Crippen LogP contribution in [-0.4, -0.2) is 93.8 Å². The van der Waals surface area contributed by atoms with Gasteiger partial charge >= 0.3 is 6.18 Å². The first-order valence-corrected chi connectivity index (χ1v) is 23.9. The lowest BCUT2D eigenvalue weighted by Gasteiger charge is -2.35. The van der Waals surface area contributed by atoms with Gasteiger partial charge in [0.05, 0.1) is 41.3 Å². The van der Waals surface area contributed by atoms with Crippen molar-refractivity contribution in [1.29, 1.82) is 5.26 Å². The molecule has 0 bridgehead atoms. The van der Waals surface area contributed by atoms with E-state index in [9.17, 15) is 42.7 Å². The molecule has 0 aliphatic carbocycles. The van der Waals surface area contributed by atoms with Crippen LogP contribution in [0.3, 0.4) is 0 Å². The zero-order valence-electron chi connectivity index (χ0n) is 41.0. The summed E-state index contributed by atoms with van der Waals surface area (Å²) in [5.74, 6) is -1.53. The first-order chi connectivity index (χ1) is 34.5. The average molecular weight is 1030 g/mol. The van der Waals surface area contributed by atoms with Gasteiger partial charge in [-0.15, -0.1) is 0 Å². The zero-order valence-corrected chi connectivity index (χ0v) is 41.8. The molecule has 0 spiro atoms. The van der Waals surface area contributed by atoms with Crippen LogP contribution in [-0.2, 0) is 36.6 Å². The van der Waals surface area contributed by atoms with Crippen molar-refractivity contribution in [3.8, 4) is 34.3 Å². The number of carbonyl (C=O) groups excluding carboxylic acids is 4. The Morgan fingerprint density at radius 2 is 1.64 bits per heavy atom. The van der Waals surface area contributed by atoms with E-state index in [2.05, 4.69) is 15.6 Å². The van der Waals surface area contributed by atoms with E-state index in [4.69, 9.17) is 26.1 Å². The van der Waals surface area contributed by atoms with Gasteiger partial charge in [-0.1, -0.05) is 57.2 Å². The lowest BCUT2D eigenvalue weighted by atomic mass is 9.85. The van der Waals surface area contributed by atoms with E-state index in [1.807, 2.05) is 31.2 Å². The molecule has 3 N–H and O–H groups in total. The standard InChI is InChI=1S/C53H55F4N7O8S/c1-31-45(72-30-60-31)34-11-9-32(10-12-34)27-59-47(67)43-25-38(65)28-62(43)48(68)46(51(2,3)4)61-44(66)29-70-21-7-8-22-71-39-18-14-33(15-19-39)40-20-17-37(24-42(40)54)64-50(73)63(49(69)52(64,5)6)36-16-13-35(26-58)41(23-36)53(55,56)57/h9-20,23-24,30,38,43,46,65H,7-8,21-22,25,27-29H2,1-6H3,(H,59,67)(H,61,66)/t38-,43+,46-/m1/s1. The summed E-state index contributed by atoms with van der Waals surface area (Å²) in [6.45, 7) is 10.6. The number of aliphatic hydroxyl groups excluding tert-OH is 1. The summed E-state index contributed by atoms with van der Waals surface area (Å²) < 4.78 is 74.0. The summed E-state index contributed by atoms with van der Waals surface area (Å²) >= 11 is 5.59. The maximum absolute atomic E-state index is 15.8. The first-order valence-electron chi connectivity index (χ1n) is 23.4. The van der Waals surface area contributed by atoms with Crippen molar-refractivity contribution in [2.75, 3.05) is 36.2 Å². The number of nitriles is 1. The number of aryl methyl sites for hydroxylation is 1. The summed E-state index contributed by atoms with van der Waals surface area (Å²) in [4.78, 5) is 61.9. The van der Waals surface area contributed by atoms with Gasteiger partial charge in [0.25, 0.3) is 5.91 Å². The van der Waals surface area contributed by atoms with Gasteiger partial charge < -0.3 is 39.4 Å². The number of ether oxygens (including phenoxy) is 2. The highest BCUT2D eigenvalue weighted by Gasteiger charge is 2.51. The van der Waals surface area contributed by atoms with Crippen LogP contribution in [0.4, 0.5) is 28.9 Å². The van der Waals surface area contributed by atoms with Crippen LogP contribution in [0.15, 0.2) is 95.7 Å². The molecule has 4 amide bonds. The van der Waals surface area contributed by atoms with Gasteiger partial charge in [-0.05, 0) is 111 Å². The number of nitrogens with zero attached hydrogens (tertiary/aromatic N) is 5. The van der Waals surface area contributed by atoms with Crippen LogP contribution in [0.25, 0.3) is 22.5 Å².